The van der Waals surface area contributed by atoms with Crippen molar-refractivity contribution in [1.29, 1.82) is 0 Å². The Labute approximate surface area is 199 Å². The van der Waals surface area contributed by atoms with Crippen LogP contribution in [-0.4, -0.2) is 26.3 Å². The summed E-state index contributed by atoms with van der Waals surface area (Å²) in [6.07, 6.45) is 4.67. The minimum absolute atomic E-state index is 0.0180. The molecule has 0 amide bonds. The summed E-state index contributed by atoms with van der Waals surface area (Å²) in [5.41, 5.74) is 5.88. The molecule has 3 aromatic carbocycles. The molecule has 0 saturated heterocycles. The van der Waals surface area contributed by atoms with Crippen LogP contribution in [-0.2, 0) is 19.9 Å². The zero-order valence-electron chi connectivity index (χ0n) is 18.8. The van der Waals surface area contributed by atoms with Crippen LogP contribution in [0.4, 0.5) is 0 Å². The third kappa shape index (κ3) is 4.64. The van der Waals surface area contributed by atoms with Crippen LogP contribution in [0.15, 0.2) is 84.0 Å². The minimum atomic E-state index is -0.0180. The highest BCUT2D eigenvalue weighted by Crippen LogP contribution is 2.32. The summed E-state index contributed by atoms with van der Waals surface area (Å²) in [4.78, 5) is 12.9. The molecule has 0 saturated carbocycles. The molecule has 5 rings (SSSR count). The van der Waals surface area contributed by atoms with E-state index >= 15 is 0 Å². The molecule has 1 aromatic heterocycles. The van der Waals surface area contributed by atoms with Gasteiger partial charge in [-0.05, 0) is 54.0 Å². The Morgan fingerprint density at radius 2 is 1.52 bits per heavy atom. The topological polar surface area (TPSA) is 47.8 Å². The Balaban J connectivity index is 1.36. The number of carbonyl (C=O) groups excluding carboxylic acids is 1. The number of hydrogen-bond donors (Lipinski definition) is 0. The van der Waals surface area contributed by atoms with Crippen molar-refractivity contribution in [3.05, 3.63) is 113 Å². The van der Waals surface area contributed by atoms with E-state index in [4.69, 9.17) is 0 Å². The van der Waals surface area contributed by atoms with E-state index in [0.29, 0.717) is 5.75 Å². The van der Waals surface area contributed by atoms with E-state index in [9.17, 15) is 4.79 Å². The second kappa shape index (κ2) is 9.75. The molecule has 0 fully saturated rings. The van der Waals surface area contributed by atoms with Gasteiger partial charge in [0.15, 0.2) is 10.9 Å². The highest BCUT2D eigenvalue weighted by Gasteiger charge is 2.24. The van der Waals surface area contributed by atoms with Gasteiger partial charge in [-0.25, -0.2) is 0 Å². The molecule has 0 unspecified atom stereocenters. The first-order chi connectivity index (χ1) is 16.2. The van der Waals surface area contributed by atoms with Crippen LogP contribution in [0.1, 0.15) is 57.2 Å². The van der Waals surface area contributed by atoms with E-state index in [-0.39, 0.29) is 11.7 Å². The number of Topliss-reactive ketones (excluding diaryl/α,β-unsaturated/α-hetero) is 1. The van der Waals surface area contributed by atoms with Gasteiger partial charge in [0.2, 0.25) is 0 Å². The van der Waals surface area contributed by atoms with Gasteiger partial charge in [0.1, 0.15) is 5.82 Å². The van der Waals surface area contributed by atoms with E-state index in [2.05, 4.69) is 70.9 Å². The van der Waals surface area contributed by atoms with Crippen LogP contribution in [0, 0.1) is 0 Å². The van der Waals surface area contributed by atoms with E-state index in [1.54, 1.807) is 0 Å². The van der Waals surface area contributed by atoms with Crippen molar-refractivity contribution in [1.82, 2.24) is 14.8 Å². The van der Waals surface area contributed by atoms with Crippen LogP contribution < -0.4 is 0 Å². The van der Waals surface area contributed by atoms with Crippen molar-refractivity contribution in [3.63, 3.8) is 0 Å². The van der Waals surface area contributed by atoms with Gasteiger partial charge in [-0.1, -0.05) is 84.6 Å². The molecular formula is C28H27N3OS. The van der Waals surface area contributed by atoms with Crippen molar-refractivity contribution < 1.29 is 4.79 Å². The first kappa shape index (κ1) is 21.7. The standard InChI is InChI=1S/C28H27N3OS/c1-31-27(26(21-11-4-2-5-12-21)22-13-6-3-7-14-22)29-30-28(31)33-19-25(32)24-17-16-20-10-8-9-15-23(20)18-24/h2-7,11-14,16-18,26H,8-10,15,19H2,1H3. The fourth-order valence-corrected chi connectivity index (χ4v) is 5.42. The number of thioether (sulfide) groups is 1. The van der Waals surface area contributed by atoms with E-state index in [1.165, 1.54) is 46.9 Å². The molecule has 1 aliphatic rings. The molecule has 0 aliphatic heterocycles. The summed E-state index contributed by atoms with van der Waals surface area (Å²) in [5.74, 6) is 1.35. The predicted octanol–water partition coefficient (Wildman–Crippen LogP) is 5.85. The van der Waals surface area contributed by atoms with Gasteiger partial charge in [-0.3, -0.25) is 4.79 Å². The Kier molecular flexibility index (Phi) is 6.40. The number of hydrogen-bond acceptors (Lipinski definition) is 4. The number of fused-ring (bicyclic) bond motifs is 1. The maximum atomic E-state index is 12.9. The Morgan fingerprint density at radius 1 is 0.879 bits per heavy atom. The summed E-state index contributed by atoms with van der Waals surface area (Å²) >= 11 is 1.46. The van der Waals surface area contributed by atoms with Crippen LogP contribution in [0.3, 0.4) is 0 Å². The molecule has 1 aliphatic carbocycles. The maximum Gasteiger partial charge on any atom is 0.191 e. The smallest absolute Gasteiger partial charge is 0.191 e. The average Bonchev–Trinajstić information content (AvgIpc) is 3.23. The third-order valence-corrected chi connectivity index (χ3v) is 7.42. The summed E-state index contributed by atoms with van der Waals surface area (Å²) in [5, 5.41) is 9.76. The van der Waals surface area contributed by atoms with Gasteiger partial charge in [-0.15, -0.1) is 10.2 Å². The SMILES string of the molecule is Cn1c(SCC(=O)c2ccc3c(c2)CCCC3)nnc1C(c1ccccc1)c1ccccc1. The largest absolute Gasteiger partial charge is 0.308 e. The fourth-order valence-electron chi connectivity index (χ4n) is 4.61. The van der Waals surface area contributed by atoms with Crippen LogP contribution in [0.5, 0.6) is 0 Å². The number of rotatable bonds is 7. The van der Waals surface area contributed by atoms with Crippen LogP contribution >= 0.6 is 11.8 Å². The number of aryl methyl sites for hydroxylation is 2. The molecule has 166 valence electrons. The first-order valence-electron chi connectivity index (χ1n) is 11.5. The molecule has 5 heteroatoms. The number of aromatic nitrogens is 3. The van der Waals surface area contributed by atoms with Crippen LogP contribution in [0.2, 0.25) is 0 Å². The van der Waals surface area contributed by atoms with Gasteiger partial charge in [0.25, 0.3) is 0 Å². The molecule has 0 spiro atoms. The normalized spacial score (nSPS) is 13.2. The van der Waals surface area contributed by atoms with E-state index < -0.39 is 0 Å². The van der Waals surface area contributed by atoms with Gasteiger partial charge >= 0.3 is 0 Å². The van der Waals surface area contributed by atoms with Gasteiger partial charge in [0.05, 0.1) is 11.7 Å². The number of carbonyl (C=O) groups is 1. The summed E-state index contributed by atoms with van der Waals surface area (Å²) < 4.78 is 2.02. The molecule has 4 nitrogen and oxygen atoms in total. The molecular weight excluding hydrogens is 426 g/mol. The molecule has 0 bridgehead atoms. The lowest BCUT2D eigenvalue weighted by molar-refractivity contribution is 0.102. The van der Waals surface area contributed by atoms with Crippen LogP contribution in [0.25, 0.3) is 0 Å². The summed E-state index contributed by atoms with van der Waals surface area (Å²) in [7, 11) is 1.99. The van der Waals surface area contributed by atoms with Gasteiger partial charge in [-0.2, -0.15) is 0 Å². The van der Waals surface area contributed by atoms with Gasteiger partial charge < -0.3 is 4.57 Å². The third-order valence-electron chi connectivity index (χ3n) is 6.40. The fraction of sp³-hybridized carbons (Fsp3) is 0.250. The number of benzene rings is 3. The Morgan fingerprint density at radius 3 is 2.18 bits per heavy atom. The zero-order chi connectivity index (χ0) is 22.6. The molecule has 1 heterocycles. The highest BCUT2D eigenvalue weighted by atomic mass is 32.2. The Bertz CT molecular complexity index is 1210. The average molecular weight is 454 g/mol. The zero-order valence-corrected chi connectivity index (χ0v) is 19.6. The Hall–Kier alpha value is -3.18. The van der Waals surface area contributed by atoms with Gasteiger partial charge in [0, 0.05) is 12.6 Å². The van der Waals surface area contributed by atoms with Crippen molar-refractivity contribution in [3.8, 4) is 0 Å². The predicted molar refractivity (Wildman–Crippen MR) is 133 cm³/mol. The lowest BCUT2D eigenvalue weighted by Crippen LogP contribution is -2.11. The quantitative estimate of drug-likeness (QED) is 0.260. The van der Waals surface area contributed by atoms with E-state index in [1.807, 2.05) is 29.8 Å². The van der Waals surface area contributed by atoms with Crippen molar-refractivity contribution in [2.24, 2.45) is 7.05 Å². The lowest BCUT2D eigenvalue weighted by Gasteiger charge is -2.17. The second-order valence-corrected chi connectivity index (χ2v) is 9.50. The molecule has 0 atom stereocenters. The number of ketones is 1. The monoisotopic (exact) mass is 453 g/mol. The summed E-state index contributed by atoms with van der Waals surface area (Å²) in [6, 6.07) is 27.0. The highest BCUT2D eigenvalue weighted by molar-refractivity contribution is 7.99. The lowest BCUT2D eigenvalue weighted by atomic mass is 9.90. The summed E-state index contributed by atoms with van der Waals surface area (Å²) in [6.45, 7) is 0. The van der Waals surface area contributed by atoms with Crippen molar-refractivity contribution in [2.75, 3.05) is 5.75 Å². The first-order valence-corrected chi connectivity index (χ1v) is 12.5. The van der Waals surface area contributed by atoms with E-state index in [0.717, 1.165) is 29.4 Å². The minimum Gasteiger partial charge on any atom is -0.308 e. The molecule has 0 N–H and O–H groups in total. The molecule has 0 radical (unpaired) electrons. The maximum absolute atomic E-state index is 12.9. The second-order valence-electron chi connectivity index (χ2n) is 8.56. The number of nitrogens with zero attached hydrogens (tertiary/aromatic N) is 3. The molecule has 33 heavy (non-hydrogen) atoms. The van der Waals surface area contributed by atoms with Crippen molar-refractivity contribution >= 4 is 17.5 Å². The van der Waals surface area contributed by atoms with Crippen molar-refractivity contribution in [2.45, 2.75) is 36.8 Å². The molecule has 4 aromatic rings.